The van der Waals surface area contributed by atoms with E-state index in [0.29, 0.717) is 5.82 Å². The highest BCUT2D eigenvalue weighted by Gasteiger charge is 2.03. The van der Waals surface area contributed by atoms with Crippen molar-refractivity contribution < 1.29 is 13.5 Å². The smallest absolute Gasteiger partial charge is 0.387 e. The van der Waals surface area contributed by atoms with Gasteiger partial charge in [0.25, 0.3) is 0 Å². The van der Waals surface area contributed by atoms with Crippen LogP contribution < -0.4 is 4.74 Å². The summed E-state index contributed by atoms with van der Waals surface area (Å²) in [5.41, 5.74) is 0. The molecule has 1 rings (SSSR count). The Kier molecular flexibility index (Phi) is 2.30. The molecular weight excluding hydrogens is 154 g/mol. The third-order valence-corrected chi connectivity index (χ3v) is 0.982. The molecule has 0 N–H and O–H groups in total. The molecule has 5 heteroatoms. The minimum Gasteiger partial charge on any atom is -0.432 e. The van der Waals surface area contributed by atoms with Crippen LogP contribution in [-0.2, 0) is 0 Å². The fourth-order valence-electron chi connectivity index (χ4n) is 0.544. The molecule has 60 valence electrons. The Labute approximate surface area is 62.0 Å². The fourth-order valence-corrected chi connectivity index (χ4v) is 0.544. The highest BCUT2D eigenvalue weighted by Crippen LogP contribution is 2.09. The summed E-state index contributed by atoms with van der Waals surface area (Å²) < 4.78 is 27.1. The molecule has 0 unspecified atom stereocenters. The van der Waals surface area contributed by atoms with E-state index in [2.05, 4.69) is 14.7 Å². The Morgan fingerprint density at radius 2 is 1.91 bits per heavy atom. The number of nitrogens with zero attached hydrogens (tertiary/aromatic N) is 2. The number of aromatic nitrogens is 2. The molecule has 0 bridgehead atoms. The maximum atomic E-state index is 11.5. The van der Waals surface area contributed by atoms with E-state index < -0.39 is 6.61 Å². The molecule has 0 saturated heterocycles. The zero-order chi connectivity index (χ0) is 8.27. The molecular formula is C6H6F2N2O. The average molecular weight is 160 g/mol. The van der Waals surface area contributed by atoms with Crippen molar-refractivity contribution in [3.05, 3.63) is 18.2 Å². The molecule has 3 nitrogen and oxygen atoms in total. The normalized spacial score (nSPS) is 10.2. The summed E-state index contributed by atoms with van der Waals surface area (Å²) in [6.45, 7) is -1.16. The molecule has 0 radical (unpaired) electrons. The molecule has 1 aromatic heterocycles. The number of hydrogen-bond donors (Lipinski definition) is 0. The number of rotatable bonds is 2. The molecule has 1 aromatic rings. The van der Waals surface area contributed by atoms with Crippen LogP contribution in [0.3, 0.4) is 0 Å². The van der Waals surface area contributed by atoms with Gasteiger partial charge < -0.3 is 4.74 Å². The molecule has 1 heterocycles. The zero-order valence-corrected chi connectivity index (χ0v) is 5.79. The minimum atomic E-state index is -2.82. The second kappa shape index (κ2) is 3.23. The van der Waals surface area contributed by atoms with E-state index in [0.717, 1.165) is 0 Å². The first-order valence-electron chi connectivity index (χ1n) is 2.92. The van der Waals surface area contributed by atoms with Gasteiger partial charge in [-0.25, -0.2) is 9.97 Å². The quantitative estimate of drug-likeness (QED) is 0.655. The topological polar surface area (TPSA) is 35.0 Å². The number of hydrogen-bond acceptors (Lipinski definition) is 3. The van der Waals surface area contributed by atoms with Gasteiger partial charge in [-0.1, -0.05) is 0 Å². The van der Waals surface area contributed by atoms with Gasteiger partial charge in [0, 0.05) is 0 Å². The van der Waals surface area contributed by atoms with Crippen molar-refractivity contribution in [3.63, 3.8) is 0 Å². The summed E-state index contributed by atoms with van der Waals surface area (Å²) in [5, 5.41) is 0. The van der Waals surface area contributed by atoms with Crippen molar-refractivity contribution in [3.8, 4) is 5.75 Å². The van der Waals surface area contributed by atoms with E-state index in [9.17, 15) is 8.78 Å². The van der Waals surface area contributed by atoms with Crippen molar-refractivity contribution >= 4 is 0 Å². The lowest BCUT2D eigenvalue weighted by Gasteiger charge is -2.01. The summed E-state index contributed by atoms with van der Waals surface area (Å²) in [7, 11) is 0. The molecule has 0 saturated carbocycles. The molecule has 11 heavy (non-hydrogen) atoms. The van der Waals surface area contributed by atoms with E-state index in [1.807, 2.05) is 0 Å². The SMILES string of the molecule is Cc1ncc(OC(F)F)cn1. The molecule has 0 aliphatic carbocycles. The maximum absolute atomic E-state index is 11.5. The van der Waals surface area contributed by atoms with Crippen LogP contribution in [0.25, 0.3) is 0 Å². The number of halogens is 2. The molecule has 0 atom stereocenters. The van der Waals surface area contributed by atoms with E-state index in [1.165, 1.54) is 12.4 Å². The number of aryl methyl sites for hydroxylation is 1. The molecule has 0 spiro atoms. The second-order valence-electron chi connectivity index (χ2n) is 1.84. The van der Waals surface area contributed by atoms with Crippen LogP contribution >= 0.6 is 0 Å². The van der Waals surface area contributed by atoms with Crippen molar-refractivity contribution in [1.82, 2.24) is 9.97 Å². The summed E-state index contributed by atoms with van der Waals surface area (Å²) in [6.07, 6.45) is 2.41. The van der Waals surface area contributed by atoms with Gasteiger partial charge >= 0.3 is 6.61 Å². The second-order valence-corrected chi connectivity index (χ2v) is 1.84. The van der Waals surface area contributed by atoms with Gasteiger partial charge in [0.15, 0.2) is 5.75 Å². The van der Waals surface area contributed by atoms with Gasteiger partial charge in [0.2, 0.25) is 0 Å². The number of alkyl halides is 2. The molecule has 0 aliphatic heterocycles. The first-order valence-corrected chi connectivity index (χ1v) is 2.92. The van der Waals surface area contributed by atoms with Crippen molar-refractivity contribution in [2.75, 3.05) is 0 Å². The summed E-state index contributed by atoms with van der Waals surface area (Å²) in [6, 6.07) is 0. The minimum absolute atomic E-state index is 0.0226. The third kappa shape index (κ3) is 2.45. The Morgan fingerprint density at radius 3 is 2.36 bits per heavy atom. The van der Waals surface area contributed by atoms with Gasteiger partial charge in [-0.05, 0) is 6.92 Å². The Bertz CT molecular complexity index is 225. The standard InChI is InChI=1S/C6H6F2N2O/c1-4-9-2-5(3-10-4)11-6(7)8/h2-3,6H,1H3. The van der Waals surface area contributed by atoms with E-state index >= 15 is 0 Å². The van der Waals surface area contributed by atoms with Crippen LogP contribution in [0.5, 0.6) is 5.75 Å². The third-order valence-electron chi connectivity index (χ3n) is 0.982. The van der Waals surface area contributed by atoms with E-state index in [4.69, 9.17) is 0 Å². The predicted octanol–water partition coefficient (Wildman–Crippen LogP) is 1.39. The highest BCUT2D eigenvalue weighted by atomic mass is 19.3. The van der Waals surface area contributed by atoms with Crippen molar-refractivity contribution in [2.24, 2.45) is 0 Å². The molecule has 0 aliphatic rings. The molecule has 0 aromatic carbocycles. The molecule has 0 fully saturated rings. The lowest BCUT2D eigenvalue weighted by molar-refractivity contribution is -0.0503. The van der Waals surface area contributed by atoms with E-state index in [1.54, 1.807) is 6.92 Å². The van der Waals surface area contributed by atoms with Crippen LogP contribution in [0.4, 0.5) is 8.78 Å². The maximum Gasteiger partial charge on any atom is 0.387 e. The predicted molar refractivity (Wildman–Crippen MR) is 33.4 cm³/mol. The molecule has 0 amide bonds. The van der Waals surface area contributed by atoms with Crippen molar-refractivity contribution in [1.29, 1.82) is 0 Å². The monoisotopic (exact) mass is 160 g/mol. The van der Waals surface area contributed by atoms with Gasteiger partial charge in [-0.15, -0.1) is 0 Å². The Hall–Kier alpha value is -1.26. The Morgan fingerprint density at radius 1 is 1.36 bits per heavy atom. The van der Waals surface area contributed by atoms with Crippen LogP contribution in [-0.4, -0.2) is 16.6 Å². The lowest BCUT2D eigenvalue weighted by atomic mass is 10.6. The zero-order valence-electron chi connectivity index (χ0n) is 5.79. The van der Waals surface area contributed by atoms with Crippen LogP contribution in [0.2, 0.25) is 0 Å². The Balaban J connectivity index is 2.66. The van der Waals surface area contributed by atoms with Crippen molar-refractivity contribution in [2.45, 2.75) is 13.5 Å². The van der Waals surface area contributed by atoms with Gasteiger partial charge in [-0.3, -0.25) is 0 Å². The largest absolute Gasteiger partial charge is 0.432 e. The summed E-state index contributed by atoms with van der Waals surface area (Å²) >= 11 is 0. The first-order chi connectivity index (χ1) is 5.18. The first kappa shape index (κ1) is 7.84. The summed E-state index contributed by atoms with van der Waals surface area (Å²) in [4.78, 5) is 7.33. The van der Waals surface area contributed by atoms with Gasteiger partial charge in [-0.2, -0.15) is 8.78 Å². The van der Waals surface area contributed by atoms with Crippen LogP contribution in [0.1, 0.15) is 5.82 Å². The van der Waals surface area contributed by atoms with Gasteiger partial charge in [0.05, 0.1) is 12.4 Å². The summed E-state index contributed by atoms with van der Waals surface area (Å²) in [5.74, 6) is 0.497. The van der Waals surface area contributed by atoms with Crippen LogP contribution in [0.15, 0.2) is 12.4 Å². The van der Waals surface area contributed by atoms with Crippen LogP contribution in [0, 0.1) is 6.92 Å². The van der Waals surface area contributed by atoms with Gasteiger partial charge in [0.1, 0.15) is 5.82 Å². The highest BCUT2D eigenvalue weighted by molar-refractivity contribution is 5.11. The average Bonchev–Trinajstić information content (AvgIpc) is 1.93. The number of ether oxygens (including phenoxy) is 1. The fraction of sp³-hybridized carbons (Fsp3) is 0.333. The lowest BCUT2D eigenvalue weighted by Crippen LogP contribution is -2.02. The van der Waals surface area contributed by atoms with E-state index in [-0.39, 0.29) is 5.75 Å².